The van der Waals surface area contributed by atoms with E-state index in [2.05, 4.69) is 114 Å². The van der Waals surface area contributed by atoms with Crippen molar-refractivity contribution in [1.82, 2.24) is 18.5 Å². The summed E-state index contributed by atoms with van der Waals surface area (Å²) < 4.78 is 9.23. The minimum absolute atomic E-state index is 0.831. The molecule has 0 unspecified atom stereocenters. The topological polar surface area (TPSA) is 38.7 Å². The highest BCUT2D eigenvalue weighted by Crippen LogP contribution is 2.23. The molecule has 7 heteroatoms. The van der Waals surface area contributed by atoms with Crippen molar-refractivity contribution in [3.8, 4) is 23.7 Å². The van der Waals surface area contributed by atoms with E-state index in [1.165, 1.54) is 139 Å². The molecular weight excluding hydrogens is 717 g/mol. The van der Waals surface area contributed by atoms with Gasteiger partial charge in [-0.15, -0.1) is 0 Å². The molecule has 3 heterocycles. The fourth-order valence-corrected chi connectivity index (χ4v) is 8.83. The molecule has 3 aromatic carbocycles. The Bertz CT molecular complexity index is 1730. The minimum Gasteiger partial charge on any atom is -0.369 e. The van der Waals surface area contributed by atoms with Crippen molar-refractivity contribution in [2.24, 2.45) is 0 Å². The van der Waals surface area contributed by atoms with Crippen molar-refractivity contribution in [2.75, 3.05) is 75.2 Å². The zero-order valence-corrected chi connectivity index (χ0v) is 36.1. The van der Waals surface area contributed by atoms with Crippen LogP contribution in [-0.4, -0.2) is 84.0 Å². The molecule has 0 N–H and O–H groups in total. The molecule has 0 amide bonds. The van der Waals surface area contributed by atoms with Crippen molar-refractivity contribution < 1.29 is 0 Å². The van der Waals surface area contributed by atoms with Gasteiger partial charge in [-0.1, -0.05) is 127 Å². The summed E-state index contributed by atoms with van der Waals surface area (Å²) in [6, 6.07) is 21.6. The van der Waals surface area contributed by atoms with Crippen LogP contribution in [0.4, 0.5) is 11.4 Å². The van der Waals surface area contributed by atoms with Crippen molar-refractivity contribution in [3.63, 3.8) is 0 Å². The molecule has 1 aromatic heterocycles. The first-order valence-electron chi connectivity index (χ1n) is 22.6. The number of aromatic nitrogens is 2. The number of nitrogens with zero attached hydrogens (tertiary/aromatic N) is 6. The number of anilines is 2. The van der Waals surface area contributed by atoms with Gasteiger partial charge in [-0.05, 0) is 86.6 Å². The molecule has 0 saturated carbocycles. The molecule has 6 nitrogen and oxygen atoms in total. The van der Waals surface area contributed by atoms with Gasteiger partial charge < -0.3 is 9.80 Å². The molecule has 2 fully saturated rings. The largest absolute Gasteiger partial charge is 0.369 e. The molecule has 0 atom stereocenters. The molecule has 0 aliphatic carbocycles. The van der Waals surface area contributed by atoms with Crippen molar-refractivity contribution in [3.05, 3.63) is 82.9 Å². The number of fused-ring (bicyclic) bond motifs is 1. The van der Waals surface area contributed by atoms with E-state index in [9.17, 15) is 0 Å². The molecule has 0 spiro atoms. The van der Waals surface area contributed by atoms with Gasteiger partial charge in [-0.25, -0.2) is 0 Å². The van der Waals surface area contributed by atoms with Crippen LogP contribution >= 0.6 is 11.7 Å². The van der Waals surface area contributed by atoms with Crippen LogP contribution in [-0.2, 0) is 0 Å². The lowest BCUT2D eigenvalue weighted by molar-refractivity contribution is 0.252. The Labute approximate surface area is 349 Å². The summed E-state index contributed by atoms with van der Waals surface area (Å²) in [6.45, 7) is 16.1. The van der Waals surface area contributed by atoms with Gasteiger partial charge in [0.25, 0.3) is 0 Å². The molecule has 57 heavy (non-hydrogen) atoms. The van der Waals surface area contributed by atoms with Crippen LogP contribution in [0.15, 0.2) is 60.7 Å². The van der Waals surface area contributed by atoms with E-state index in [4.69, 9.17) is 0 Å². The molecule has 4 aromatic rings. The molecule has 2 aliphatic rings. The summed E-state index contributed by atoms with van der Waals surface area (Å²) in [6.07, 6.45) is 22.2. The lowest BCUT2D eigenvalue weighted by Gasteiger charge is -2.36. The van der Waals surface area contributed by atoms with Crippen LogP contribution in [0.1, 0.15) is 139 Å². The van der Waals surface area contributed by atoms with Gasteiger partial charge in [0.1, 0.15) is 11.0 Å². The number of rotatable bonds is 20. The smallest absolute Gasteiger partial charge is 0.121 e. The van der Waals surface area contributed by atoms with E-state index >= 15 is 0 Å². The van der Waals surface area contributed by atoms with Crippen LogP contribution in [0.3, 0.4) is 0 Å². The quantitative estimate of drug-likeness (QED) is 0.0656. The number of hydrogen-bond donors (Lipinski definition) is 0. The van der Waals surface area contributed by atoms with Crippen molar-refractivity contribution in [2.45, 2.75) is 117 Å². The summed E-state index contributed by atoms with van der Waals surface area (Å²) in [4.78, 5) is 10.3. The summed E-state index contributed by atoms with van der Waals surface area (Å²) >= 11 is 1.23. The average Bonchev–Trinajstić information content (AvgIpc) is 3.76. The first-order valence-corrected chi connectivity index (χ1v) is 23.4. The Kier molecular flexibility index (Phi) is 18.1. The molecule has 2 aliphatic heterocycles. The number of unbranched alkanes of at least 4 members (excludes halogenated alkanes) is 14. The van der Waals surface area contributed by atoms with Gasteiger partial charge >= 0.3 is 0 Å². The molecule has 0 radical (unpaired) electrons. The van der Waals surface area contributed by atoms with Gasteiger partial charge in [-0.2, -0.15) is 8.75 Å². The van der Waals surface area contributed by atoms with E-state index in [0.29, 0.717) is 0 Å². The standard InChI is InChI=1S/C50H68N6S/c1-3-5-7-9-11-13-15-17-33-53-35-39-55(40-36-53)47-29-21-43(22-30-47)19-25-45-27-28-46(50-49(45)51-57-52-50)26-20-44-23-31-48(32-24-44)56-41-37-54(38-42-56)34-18-16-14-12-10-8-6-4-2/h21-24,27-32H,3-18,33-42H2,1-2H3. The van der Waals surface area contributed by atoms with Gasteiger partial charge in [0.05, 0.1) is 22.9 Å². The number of benzene rings is 3. The lowest BCUT2D eigenvalue weighted by atomic mass is 10.1. The second-order valence-corrected chi connectivity index (χ2v) is 16.9. The van der Waals surface area contributed by atoms with Gasteiger partial charge in [0.15, 0.2) is 0 Å². The molecule has 304 valence electrons. The Morgan fingerprint density at radius 2 is 0.772 bits per heavy atom. The second kappa shape index (κ2) is 24.1. The summed E-state index contributed by atoms with van der Waals surface area (Å²) in [5, 5.41) is 0. The zero-order chi connectivity index (χ0) is 39.3. The molecular formula is C50H68N6S. The Balaban J connectivity index is 0.931. The van der Waals surface area contributed by atoms with E-state index in [1.54, 1.807) is 0 Å². The Morgan fingerprint density at radius 1 is 0.421 bits per heavy atom. The fraction of sp³-hybridized carbons (Fsp3) is 0.560. The first kappa shape index (κ1) is 42.7. The van der Waals surface area contributed by atoms with E-state index in [1.807, 2.05) is 12.1 Å². The summed E-state index contributed by atoms with van der Waals surface area (Å²) in [5.74, 6) is 13.5. The van der Waals surface area contributed by atoms with Crippen LogP contribution < -0.4 is 9.80 Å². The first-order chi connectivity index (χ1) is 28.2. The maximum absolute atomic E-state index is 4.62. The van der Waals surface area contributed by atoms with Crippen LogP contribution in [0, 0.1) is 23.7 Å². The SMILES string of the molecule is CCCCCCCCCCN1CCN(c2ccc(C#Cc3ccc(C#Cc4ccc(N5CCN(CCCCCCCCCC)CC5)cc4)c4nsnc34)cc2)CC1. The number of hydrogen-bond acceptors (Lipinski definition) is 7. The van der Waals surface area contributed by atoms with E-state index in [0.717, 1.165) is 85.6 Å². The van der Waals surface area contributed by atoms with E-state index < -0.39 is 0 Å². The molecule has 2 saturated heterocycles. The molecule has 6 rings (SSSR count). The Morgan fingerprint density at radius 3 is 1.14 bits per heavy atom. The van der Waals surface area contributed by atoms with Gasteiger partial charge in [0.2, 0.25) is 0 Å². The normalized spacial score (nSPS) is 15.1. The second-order valence-electron chi connectivity index (χ2n) is 16.3. The van der Waals surface area contributed by atoms with Gasteiger partial charge in [0, 0.05) is 74.9 Å². The third-order valence-electron chi connectivity index (χ3n) is 12.0. The average molecular weight is 785 g/mol. The number of piperazine rings is 2. The van der Waals surface area contributed by atoms with Crippen LogP contribution in [0.2, 0.25) is 0 Å². The third-order valence-corrected chi connectivity index (χ3v) is 12.5. The van der Waals surface area contributed by atoms with Crippen molar-refractivity contribution in [1.29, 1.82) is 0 Å². The highest BCUT2D eigenvalue weighted by atomic mass is 32.1. The third kappa shape index (κ3) is 13.9. The highest BCUT2D eigenvalue weighted by molar-refractivity contribution is 7.00. The summed E-state index contributed by atoms with van der Waals surface area (Å²) in [7, 11) is 0. The molecule has 0 bridgehead atoms. The summed E-state index contributed by atoms with van der Waals surface area (Å²) in [5.41, 5.74) is 8.05. The van der Waals surface area contributed by atoms with Crippen LogP contribution in [0.5, 0.6) is 0 Å². The monoisotopic (exact) mass is 785 g/mol. The van der Waals surface area contributed by atoms with Gasteiger partial charge in [-0.3, -0.25) is 9.80 Å². The Hall–Kier alpha value is -3.88. The predicted octanol–water partition coefficient (Wildman–Crippen LogP) is 11.0. The minimum atomic E-state index is 0.831. The predicted molar refractivity (Wildman–Crippen MR) is 245 cm³/mol. The lowest BCUT2D eigenvalue weighted by Crippen LogP contribution is -2.46. The maximum Gasteiger partial charge on any atom is 0.121 e. The zero-order valence-electron chi connectivity index (χ0n) is 35.2. The maximum atomic E-state index is 4.62. The van der Waals surface area contributed by atoms with Crippen LogP contribution in [0.25, 0.3) is 11.0 Å². The van der Waals surface area contributed by atoms with Crippen molar-refractivity contribution >= 4 is 34.1 Å². The van der Waals surface area contributed by atoms with E-state index in [-0.39, 0.29) is 0 Å². The fourth-order valence-electron chi connectivity index (χ4n) is 8.26. The highest BCUT2D eigenvalue weighted by Gasteiger charge is 2.18.